The van der Waals surface area contributed by atoms with Crippen molar-refractivity contribution in [3.63, 3.8) is 0 Å². The molecular formula is C17H20N4O4S. The standard InChI is InChI=1S/C17H20N4O4S/c22-21(23)16-3-1-2-4-17(16)26(24,25)20-13-11-19(12-14-20)10-7-15-5-8-18-9-6-15/h1-6,8-9H,7,10-14H2. The monoisotopic (exact) mass is 376 g/mol. The summed E-state index contributed by atoms with van der Waals surface area (Å²) in [5.74, 6) is 0. The zero-order chi connectivity index (χ0) is 18.6. The summed E-state index contributed by atoms with van der Waals surface area (Å²) in [6.07, 6.45) is 4.39. The number of nitro groups is 1. The minimum absolute atomic E-state index is 0.241. The number of sulfonamides is 1. The number of nitro benzene ring substituents is 1. The molecule has 0 bridgehead atoms. The van der Waals surface area contributed by atoms with Crippen LogP contribution in [0.3, 0.4) is 0 Å². The Labute approximate surface area is 152 Å². The number of benzene rings is 1. The molecule has 138 valence electrons. The Morgan fingerprint density at radius 1 is 1.04 bits per heavy atom. The van der Waals surface area contributed by atoms with E-state index in [0.717, 1.165) is 13.0 Å². The van der Waals surface area contributed by atoms with Crippen molar-refractivity contribution in [1.82, 2.24) is 14.2 Å². The van der Waals surface area contributed by atoms with E-state index in [1.165, 1.54) is 34.1 Å². The lowest BCUT2D eigenvalue weighted by atomic mass is 10.2. The van der Waals surface area contributed by atoms with Crippen LogP contribution in [-0.2, 0) is 16.4 Å². The van der Waals surface area contributed by atoms with Crippen molar-refractivity contribution in [3.8, 4) is 0 Å². The van der Waals surface area contributed by atoms with Gasteiger partial charge in [-0.15, -0.1) is 0 Å². The molecule has 8 nitrogen and oxygen atoms in total. The zero-order valence-electron chi connectivity index (χ0n) is 14.2. The third-order valence-corrected chi connectivity index (χ3v) is 6.42. The van der Waals surface area contributed by atoms with Gasteiger partial charge in [0.05, 0.1) is 4.92 Å². The quantitative estimate of drug-likeness (QED) is 0.560. The molecule has 2 heterocycles. The van der Waals surface area contributed by atoms with E-state index in [1.807, 2.05) is 12.1 Å². The highest BCUT2D eigenvalue weighted by Crippen LogP contribution is 2.26. The summed E-state index contributed by atoms with van der Waals surface area (Å²) < 4.78 is 26.9. The van der Waals surface area contributed by atoms with Crippen LogP contribution >= 0.6 is 0 Å². The molecular weight excluding hydrogens is 356 g/mol. The first-order valence-electron chi connectivity index (χ1n) is 8.33. The van der Waals surface area contributed by atoms with Gasteiger partial charge in [0.2, 0.25) is 10.0 Å². The maximum absolute atomic E-state index is 12.8. The molecule has 0 atom stereocenters. The number of pyridine rings is 1. The largest absolute Gasteiger partial charge is 0.300 e. The fourth-order valence-corrected chi connectivity index (χ4v) is 4.57. The Kier molecular flexibility index (Phi) is 5.60. The summed E-state index contributed by atoms with van der Waals surface area (Å²) in [5, 5.41) is 11.1. The van der Waals surface area contributed by atoms with Gasteiger partial charge in [-0.05, 0) is 30.2 Å². The SMILES string of the molecule is O=[N+]([O-])c1ccccc1S(=O)(=O)N1CCN(CCc2ccncc2)CC1. The number of rotatable bonds is 6. The van der Waals surface area contributed by atoms with Crippen molar-refractivity contribution in [3.05, 3.63) is 64.5 Å². The number of nitrogens with zero attached hydrogens (tertiary/aromatic N) is 4. The Balaban J connectivity index is 1.63. The molecule has 1 aliphatic rings. The maximum atomic E-state index is 12.8. The predicted octanol–water partition coefficient (Wildman–Crippen LogP) is 1.54. The first-order valence-corrected chi connectivity index (χ1v) is 9.77. The first-order chi connectivity index (χ1) is 12.5. The third kappa shape index (κ3) is 4.06. The molecule has 2 aromatic rings. The molecule has 0 saturated carbocycles. The van der Waals surface area contributed by atoms with Gasteiger partial charge in [0.25, 0.3) is 5.69 Å². The predicted molar refractivity (Wildman–Crippen MR) is 96.2 cm³/mol. The Bertz CT molecular complexity index is 865. The van der Waals surface area contributed by atoms with Crippen LogP contribution in [0.15, 0.2) is 53.7 Å². The molecule has 0 unspecified atom stereocenters. The van der Waals surface area contributed by atoms with Crippen molar-refractivity contribution in [2.75, 3.05) is 32.7 Å². The molecule has 0 aliphatic carbocycles. The maximum Gasteiger partial charge on any atom is 0.289 e. The number of para-hydroxylation sites is 1. The van der Waals surface area contributed by atoms with Crippen LogP contribution in [0.1, 0.15) is 5.56 Å². The molecule has 0 amide bonds. The molecule has 0 N–H and O–H groups in total. The normalized spacial score (nSPS) is 16.5. The lowest BCUT2D eigenvalue weighted by Crippen LogP contribution is -2.49. The highest BCUT2D eigenvalue weighted by Gasteiger charge is 2.33. The minimum atomic E-state index is -3.87. The first kappa shape index (κ1) is 18.4. The molecule has 1 fully saturated rings. The number of aromatic nitrogens is 1. The van der Waals surface area contributed by atoms with E-state index >= 15 is 0 Å². The smallest absolute Gasteiger partial charge is 0.289 e. The second kappa shape index (κ2) is 7.90. The summed E-state index contributed by atoms with van der Waals surface area (Å²) in [6, 6.07) is 9.42. The van der Waals surface area contributed by atoms with Crippen LogP contribution in [0, 0.1) is 10.1 Å². The Morgan fingerprint density at radius 2 is 1.69 bits per heavy atom. The second-order valence-electron chi connectivity index (χ2n) is 6.08. The average molecular weight is 376 g/mol. The number of hydrogen-bond donors (Lipinski definition) is 0. The fraction of sp³-hybridized carbons (Fsp3) is 0.353. The highest BCUT2D eigenvalue weighted by molar-refractivity contribution is 7.89. The number of hydrogen-bond acceptors (Lipinski definition) is 6. The van der Waals surface area contributed by atoms with E-state index in [4.69, 9.17) is 0 Å². The lowest BCUT2D eigenvalue weighted by Gasteiger charge is -2.33. The zero-order valence-corrected chi connectivity index (χ0v) is 15.0. The molecule has 1 saturated heterocycles. The molecule has 0 spiro atoms. The van der Waals surface area contributed by atoms with Crippen LogP contribution in [0.25, 0.3) is 0 Å². The van der Waals surface area contributed by atoms with Crippen LogP contribution in [0.2, 0.25) is 0 Å². The molecule has 0 radical (unpaired) electrons. The fourth-order valence-electron chi connectivity index (χ4n) is 3.00. The van der Waals surface area contributed by atoms with Gasteiger partial charge in [0, 0.05) is 51.2 Å². The van der Waals surface area contributed by atoms with Crippen molar-refractivity contribution < 1.29 is 13.3 Å². The lowest BCUT2D eigenvalue weighted by molar-refractivity contribution is -0.387. The third-order valence-electron chi connectivity index (χ3n) is 4.48. The van der Waals surface area contributed by atoms with E-state index in [0.29, 0.717) is 26.2 Å². The summed E-state index contributed by atoms with van der Waals surface area (Å²) >= 11 is 0. The highest BCUT2D eigenvalue weighted by atomic mass is 32.2. The van der Waals surface area contributed by atoms with Gasteiger partial charge >= 0.3 is 0 Å². The van der Waals surface area contributed by atoms with Crippen molar-refractivity contribution in [2.45, 2.75) is 11.3 Å². The second-order valence-corrected chi connectivity index (χ2v) is 7.98. The summed E-state index contributed by atoms with van der Waals surface area (Å²) in [4.78, 5) is 16.4. The van der Waals surface area contributed by atoms with Gasteiger partial charge in [0.15, 0.2) is 4.90 Å². The van der Waals surface area contributed by atoms with Gasteiger partial charge < -0.3 is 4.90 Å². The van der Waals surface area contributed by atoms with Gasteiger partial charge in [-0.25, -0.2) is 8.42 Å². The average Bonchev–Trinajstić information content (AvgIpc) is 2.67. The molecule has 3 rings (SSSR count). The summed E-state index contributed by atoms with van der Waals surface area (Å²) in [5.41, 5.74) is 0.808. The van der Waals surface area contributed by atoms with E-state index in [2.05, 4.69) is 9.88 Å². The van der Waals surface area contributed by atoms with Crippen LogP contribution in [-0.4, -0.2) is 60.3 Å². The Morgan fingerprint density at radius 3 is 2.35 bits per heavy atom. The Hall–Kier alpha value is -2.36. The van der Waals surface area contributed by atoms with E-state index in [-0.39, 0.29) is 10.6 Å². The molecule has 26 heavy (non-hydrogen) atoms. The molecule has 1 aliphatic heterocycles. The summed E-state index contributed by atoms with van der Waals surface area (Å²) in [7, 11) is -3.87. The van der Waals surface area contributed by atoms with E-state index < -0.39 is 14.9 Å². The van der Waals surface area contributed by atoms with Gasteiger partial charge in [-0.1, -0.05) is 12.1 Å². The summed E-state index contributed by atoms with van der Waals surface area (Å²) in [6.45, 7) is 2.69. The molecule has 1 aromatic heterocycles. The van der Waals surface area contributed by atoms with Crippen LogP contribution < -0.4 is 0 Å². The van der Waals surface area contributed by atoms with E-state index in [1.54, 1.807) is 12.4 Å². The number of piperazine rings is 1. The van der Waals surface area contributed by atoms with Gasteiger partial charge in [-0.3, -0.25) is 15.1 Å². The van der Waals surface area contributed by atoms with Crippen molar-refractivity contribution in [1.29, 1.82) is 0 Å². The van der Waals surface area contributed by atoms with Crippen LogP contribution in [0.4, 0.5) is 5.69 Å². The topological polar surface area (TPSA) is 96.6 Å². The van der Waals surface area contributed by atoms with Crippen molar-refractivity contribution >= 4 is 15.7 Å². The van der Waals surface area contributed by atoms with E-state index in [9.17, 15) is 18.5 Å². The molecule has 9 heteroatoms. The van der Waals surface area contributed by atoms with Gasteiger partial charge in [-0.2, -0.15) is 4.31 Å². The molecule has 1 aromatic carbocycles. The van der Waals surface area contributed by atoms with Gasteiger partial charge in [0.1, 0.15) is 0 Å². The van der Waals surface area contributed by atoms with Crippen LogP contribution in [0.5, 0.6) is 0 Å². The minimum Gasteiger partial charge on any atom is -0.300 e. The van der Waals surface area contributed by atoms with Crippen molar-refractivity contribution in [2.24, 2.45) is 0 Å².